The molecule has 0 bridgehead atoms. The van der Waals surface area contributed by atoms with Crippen LogP contribution in [0, 0.1) is 0 Å². The van der Waals surface area contributed by atoms with Crippen molar-refractivity contribution in [2.45, 2.75) is 31.9 Å². The van der Waals surface area contributed by atoms with Gasteiger partial charge in [0.15, 0.2) is 6.10 Å². The molecular weight excluding hydrogens is 280 g/mol. The van der Waals surface area contributed by atoms with Crippen molar-refractivity contribution in [2.24, 2.45) is 0 Å². The van der Waals surface area contributed by atoms with Gasteiger partial charge < -0.3 is 15.4 Å². The molecule has 1 saturated carbocycles. The van der Waals surface area contributed by atoms with E-state index >= 15 is 0 Å². The van der Waals surface area contributed by atoms with Gasteiger partial charge in [-0.15, -0.1) is 11.3 Å². The lowest BCUT2D eigenvalue weighted by Crippen LogP contribution is -2.39. The molecule has 0 aliphatic heterocycles. The van der Waals surface area contributed by atoms with Crippen LogP contribution in [0.15, 0.2) is 17.5 Å². The van der Waals surface area contributed by atoms with Crippen LogP contribution in [0.4, 0.5) is 0 Å². The summed E-state index contributed by atoms with van der Waals surface area (Å²) in [7, 11) is 0. The van der Waals surface area contributed by atoms with Crippen molar-refractivity contribution in [1.29, 1.82) is 0 Å². The summed E-state index contributed by atoms with van der Waals surface area (Å²) < 4.78 is 4.95. The summed E-state index contributed by atoms with van der Waals surface area (Å²) in [6.45, 7) is 1.26. The van der Waals surface area contributed by atoms with Crippen molar-refractivity contribution in [1.82, 2.24) is 10.6 Å². The first-order valence-electron chi connectivity index (χ1n) is 6.38. The molecule has 2 N–H and O–H groups in total. The topological polar surface area (TPSA) is 84.5 Å². The third-order valence-electron chi connectivity index (χ3n) is 2.74. The van der Waals surface area contributed by atoms with Crippen LogP contribution in [-0.2, 0) is 14.3 Å². The summed E-state index contributed by atoms with van der Waals surface area (Å²) in [5.41, 5.74) is 0. The van der Waals surface area contributed by atoms with Crippen molar-refractivity contribution >= 4 is 29.1 Å². The Kier molecular flexibility index (Phi) is 4.73. The fourth-order valence-electron chi connectivity index (χ4n) is 1.49. The van der Waals surface area contributed by atoms with Crippen LogP contribution >= 0.6 is 11.3 Å². The summed E-state index contributed by atoms with van der Waals surface area (Å²) in [5, 5.41) is 6.97. The molecular formula is C13H16N2O4S. The third kappa shape index (κ3) is 4.34. The lowest BCUT2D eigenvalue weighted by Gasteiger charge is -2.13. The lowest BCUT2D eigenvalue weighted by molar-refractivity contribution is -0.153. The van der Waals surface area contributed by atoms with Gasteiger partial charge in [-0.1, -0.05) is 6.07 Å². The second kappa shape index (κ2) is 6.51. The number of carbonyl (C=O) groups is 3. The maximum atomic E-state index is 11.6. The maximum Gasteiger partial charge on any atom is 0.326 e. The van der Waals surface area contributed by atoms with E-state index < -0.39 is 12.1 Å². The van der Waals surface area contributed by atoms with E-state index in [1.54, 1.807) is 17.5 Å². The lowest BCUT2D eigenvalue weighted by atomic mass is 10.3. The van der Waals surface area contributed by atoms with Crippen molar-refractivity contribution in [2.75, 3.05) is 6.54 Å². The van der Waals surface area contributed by atoms with Gasteiger partial charge in [0.2, 0.25) is 0 Å². The SMILES string of the molecule is C[C@@H](OC(=O)CNC(=O)c1cccs1)C(=O)NC1CC1. The standard InChI is InChI=1S/C13H16N2O4S/c1-8(12(17)15-9-4-5-9)19-11(16)7-14-13(18)10-3-2-6-20-10/h2-3,6,8-9H,4-5,7H2,1H3,(H,14,18)(H,15,17)/t8-/m1/s1. The molecule has 6 nitrogen and oxygen atoms in total. The van der Waals surface area contributed by atoms with Crippen molar-refractivity contribution in [3.8, 4) is 0 Å². The number of esters is 1. The van der Waals surface area contributed by atoms with Gasteiger partial charge in [0, 0.05) is 6.04 Å². The number of hydrogen-bond donors (Lipinski definition) is 2. The fraction of sp³-hybridized carbons (Fsp3) is 0.462. The minimum absolute atomic E-state index is 0.224. The minimum atomic E-state index is -0.846. The molecule has 1 aliphatic rings. The zero-order valence-corrected chi connectivity index (χ0v) is 11.9. The highest BCUT2D eigenvalue weighted by molar-refractivity contribution is 7.12. The molecule has 1 aliphatic carbocycles. The average molecular weight is 296 g/mol. The molecule has 7 heteroatoms. The molecule has 2 amide bonds. The highest BCUT2D eigenvalue weighted by atomic mass is 32.1. The highest BCUT2D eigenvalue weighted by Gasteiger charge is 2.27. The first kappa shape index (κ1) is 14.5. The molecule has 0 spiro atoms. The molecule has 0 saturated heterocycles. The second-order valence-corrected chi connectivity index (χ2v) is 5.52. The van der Waals surface area contributed by atoms with Crippen molar-refractivity contribution < 1.29 is 19.1 Å². The van der Waals surface area contributed by atoms with E-state index in [1.807, 2.05) is 0 Å². The number of nitrogens with one attached hydrogen (secondary N) is 2. The van der Waals surface area contributed by atoms with Gasteiger partial charge in [-0.25, -0.2) is 0 Å². The van der Waals surface area contributed by atoms with Gasteiger partial charge in [-0.3, -0.25) is 14.4 Å². The first-order chi connectivity index (χ1) is 9.56. The summed E-state index contributed by atoms with van der Waals surface area (Å²) in [6, 6.07) is 3.64. The number of rotatable bonds is 6. The van der Waals surface area contributed by atoms with Crippen LogP contribution in [0.1, 0.15) is 29.4 Å². The molecule has 1 fully saturated rings. The molecule has 108 valence electrons. The zero-order valence-electron chi connectivity index (χ0n) is 11.0. The van der Waals surface area contributed by atoms with Gasteiger partial charge in [-0.05, 0) is 31.2 Å². The van der Waals surface area contributed by atoms with Crippen LogP contribution in [0.2, 0.25) is 0 Å². The van der Waals surface area contributed by atoms with Crippen molar-refractivity contribution in [3.05, 3.63) is 22.4 Å². The van der Waals surface area contributed by atoms with E-state index in [2.05, 4.69) is 10.6 Å². The van der Waals surface area contributed by atoms with Gasteiger partial charge in [0.1, 0.15) is 6.54 Å². The largest absolute Gasteiger partial charge is 0.451 e. The Morgan fingerprint density at radius 2 is 2.20 bits per heavy atom. The van der Waals surface area contributed by atoms with Crippen LogP contribution in [0.25, 0.3) is 0 Å². The smallest absolute Gasteiger partial charge is 0.326 e. The van der Waals surface area contributed by atoms with Crippen LogP contribution in [-0.4, -0.2) is 36.5 Å². The molecule has 2 rings (SSSR count). The molecule has 1 atom stereocenters. The quantitative estimate of drug-likeness (QED) is 0.756. The summed E-state index contributed by atoms with van der Waals surface area (Å²) in [5.74, 6) is -1.26. The zero-order chi connectivity index (χ0) is 14.5. The summed E-state index contributed by atoms with van der Waals surface area (Å²) in [4.78, 5) is 35.2. The van der Waals surface area contributed by atoms with E-state index in [9.17, 15) is 14.4 Å². The predicted molar refractivity (Wildman–Crippen MR) is 73.4 cm³/mol. The molecule has 0 radical (unpaired) electrons. The second-order valence-electron chi connectivity index (χ2n) is 4.57. The number of ether oxygens (including phenoxy) is 1. The maximum absolute atomic E-state index is 11.6. The van der Waals surface area contributed by atoms with E-state index in [0.29, 0.717) is 4.88 Å². The number of thiophene rings is 1. The van der Waals surface area contributed by atoms with E-state index in [4.69, 9.17) is 4.74 Å². The van der Waals surface area contributed by atoms with Crippen LogP contribution < -0.4 is 10.6 Å². The Bertz CT molecular complexity index is 496. The summed E-state index contributed by atoms with van der Waals surface area (Å²) in [6.07, 6.45) is 1.11. The van der Waals surface area contributed by atoms with Gasteiger partial charge in [-0.2, -0.15) is 0 Å². The van der Waals surface area contributed by atoms with E-state index in [-0.39, 0.29) is 24.4 Å². The van der Waals surface area contributed by atoms with Crippen LogP contribution in [0.5, 0.6) is 0 Å². The number of amides is 2. The number of hydrogen-bond acceptors (Lipinski definition) is 5. The summed E-state index contributed by atoms with van der Waals surface area (Å²) >= 11 is 1.29. The van der Waals surface area contributed by atoms with E-state index in [0.717, 1.165) is 12.8 Å². The third-order valence-corrected chi connectivity index (χ3v) is 3.61. The minimum Gasteiger partial charge on any atom is -0.451 e. The van der Waals surface area contributed by atoms with Crippen LogP contribution in [0.3, 0.4) is 0 Å². The molecule has 20 heavy (non-hydrogen) atoms. The van der Waals surface area contributed by atoms with Gasteiger partial charge in [0.05, 0.1) is 4.88 Å². The molecule has 0 aromatic carbocycles. The van der Waals surface area contributed by atoms with Gasteiger partial charge in [0.25, 0.3) is 11.8 Å². The Balaban J connectivity index is 1.69. The number of carbonyl (C=O) groups excluding carboxylic acids is 3. The normalized spacial score (nSPS) is 15.2. The van der Waals surface area contributed by atoms with E-state index in [1.165, 1.54) is 18.3 Å². The predicted octanol–water partition coefficient (Wildman–Crippen LogP) is 0.688. The Morgan fingerprint density at radius 1 is 1.45 bits per heavy atom. The van der Waals surface area contributed by atoms with Crippen molar-refractivity contribution in [3.63, 3.8) is 0 Å². The Morgan fingerprint density at radius 3 is 2.80 bits per heavy atom. The highest BCUT2D eigenvalue weighted by Crippen LogP contribution is 2.18. The first-order valence-corrected chi connectivity index (χ1v) is 7.26. The molecule has 1 aromatic heterocycles. The molecule has 0 unspecified atom stereocenters. The monoisotopic (exact) mass is 296 g/mol. The molecule has 1 aromatic rings. The van der Waals surface area contributed by atoms with Gasteiger partial charge >= 0.3 is 5.97 Å². The molecule has 1 heterocycles. The Hall–Kier alpha value is -1.89. The fourth-order valence-corrected chi connectivity index (χ4v) is 2.13. The Labute approximate surface area is 120 Å². The average Bonchev–Trinajstić information content (AvgIpc) is 3.06.